The van der Waals surface area contributed by atoms with Gasteiger partial charge in [0.15, 0.2) is 6.10 Å². The third kappa shape index (κ3) is 1.43. The third-order valence-electron chi connectivity index (χ3n) is 2.53. The molecule has 4 heteroatoms. The summed E-state index contributed by atoms with van der Waals surface area (Å²) in [6.07, 6.45) is 0.115. The van der Waals surface area contributed by atoms with Crippen LogP contribution in [0.4, 0.5) is 0 Å². The number of nitrogens with zero attached hydrogens (tertiary/aromatic N) is 1. The monoisotopic (exact) mass is 193 g/mol. The molecule has 1 heterocycles. The van der Waals surface area contributed by atoms with E-state index in [9.17, 15) is 10.1 Å². The predicted octanol–water partition coefficient (Wildman–Crippen LogP) is 1.66. The maximum absolute atomic E-state index is 10.7. The molecule has 2 atom stereocenters. The van der Waals surface area contributed by atoms with Crippen molar-refractivity contribution in [2.45, 2.75) is 25.5 Å². The average Bonchev–Trinajstić information content (AvgIpc) is 2.16. The number of benzene rings is 1. The van der Waals surface area contributed by atoms with Gasteiger partial charge in [-0.1, -0.05) is 18.2 Å². The first-order valence-corrected chi connectivity index (χ1v) is 4.56. The number of hydrogen-bond donors (Lipinski definition) is 0. The topological polar surface area (TPSA) is 52.4 Å². The van der Waals surface area contributed by atoms with E-state index in [1.807, 2.05) is 24.3 Å². The van der Waals surface area contributed by atoms with Crippen molar-refractivity contribution in [1.29, 1.82) is 0 Å². The SMILES string of the molecule is CC1Oc2ccccc2CC1[N+](=O)[O-]. The molecule has 1 aromatic carbocycles. The lowest BCUT2D eigenvalue weighted by molar-refractivity contribution is -0.533. The smallest absolute Gasteiger partial charge is 0.253 e. The minimum absolute atomic E-state index is 0.263. The zero-order valence-corrected chi connectivity index (χ0v) is 7.84. The Bertz CT molecular complexity index is 364. The molecule has 2 rings (SSSR count). The molecule has 0 amide bonds. The maximum atomic E-state index is 10.7. The first-order valence-electron chi connectivity index (χ1n) is 4.56. The van der Waals surface area contributed by atoms with E-state index in [1.54, 1.807) is 6.92 Å². The lowest BCUT2D eigenvalue weighted by Gasteiger charge is -2.25. The van der Waals surface area contributed by atoms with Gasteiger partial charge in [0.25, 0.3) is 6.04 Å². The Labute approximate surface area is 81.7 Å². The number of ether oxygens (including phenoxy) is 1. The molecule has 1 aromatic rings. The fourth-order valence-corrected chi connectivity index (χ4v) is 1.70. The highest BCUT2D eigenvalue weighted by atomic mass is 16.6. The normalized spacial score (nSPS) is 24.9. The van der Waals surface area contributed by atoms with Crippen molar-refractivity contribution in [1.82, 2.24) is 0 Å². The van der Waals surface area contributed by atoms with Crippen LogP contribution in [0.15, 0.2) is 24.3 Å². The van der Waals surface area contributed by atoms with Crippen LogP contribution in [0.25, 0.3) is 0 Å². The highest BCUT2D eigenvalue weighted by Crippen LogP contribution is 2.28. The molecule has 4 nitrogen and oxygen atoms in total. The van der Waals surface area contributed by atoms with Crippen LogP contribution >= 0.6 is 0 Å². The second-order valence-corrected chi connectivity index (χ2v) is 3.49. The Morgan fingerprint density at radius 3 is 2.93 bits per heavy atom. The van der Waals surface area contributed by atoms with Crippen LogP contribution in [0.3, 0.4) is 0 Å². The molecule has 14 heavy (non-hydrogen) atoms. The number of nitro groups is 1. The van der Waals surface area contributed by atoms with Gasteiger partial charge in [-0.15, -0.1) is 0 Å². The Morgan fingerprint density at radius 2 is 2.21 bits per heavy atom. The van der Waals surface area contributed by atoms with E-state index in [0.717, 1.165) is 11.3 Å². The predicted molar refractivity (Wildman–Crippen MR) is 51.0 cm³/mol. The van der Waals surface area contributed by atoms with Gasteiger partial charge in [0.2, 0.25) is 0 Å². The summed E-state index contributed by atoms with van der Waals surface area (Å²) in [5.41, 5.74) is 0.923. The van der Waals surface area contributed by atoms with Crippen LogP contribution in [-0.4, -0.2) is 17.1 Å². The van der Waals surface area contributed by atoms with Crippen molar-refractivity contribution in [3.8, 4) is 5.75 Å². The van der Waals surface area contributed by atoms with Gasteiger partial charge in [0.05, 0.1) is 0 Å². The standard InChI is InChI=1S/C10H11NO3/c1-7-9(11(12)13)6-8-4-2-3-5-10(8)14-7/h2-5,7,9H,6H2,1H3. The first-order chi connectivity index (χ1) is 6.68. The number of hydrogen-bond acceptors (Lipinski definition) is 3. The van der Waals surface area contributed by atoms with Gasteiger partial charge in [0.1, 0.15) is 5.75 Å². The molecule has 1 aliphatic heterocycles. The summed E-state index contributed by atoms with van der Waals surface area (Å²) in [6, 6.07) is 6.84. The first kappa shape index (κ1) is 8.99. The van der Waals surface area contributed by atoms with Crippen LogP contribution in [0.1, 0.15) is 12.5 Å². The molecule has 0 aliphatic carbocycles. The summed E-state index contributed by atoms with van der Waals surface area (Å²) in [4.78, 5) is 10.4. The minimum atomic E-state index is -0.620. The van der Waals surface area contributed by atoms with Gasteiger partial charge < -0.3 is 4.74 Å². The van der Waals surface area contributed by atoms with Crippen LogP contribution in [-0.2, 0) is 6.42 Å². The van der Waals surface area contributed by atoms with E-state index in [1.165, 1.54) is 0 Å². The second kappa shape index (κ2) is 3.29. The lowest BCUT2D eigenvalue weighted by atomic mass is 9.99. The number of rotatable bonds is 1. The zero-order chi connectivity index (χ0) is 10.1. The van der Waals surface area contributed by atoms with Gasteiger partial charge in [0, 0.05) is 16.9 Å². The van der Waals surface area contributed by atoms with Crippen molar-refractivity contribution in [3.63, 3.8) is 0 Å². The Balaban J connectivity index is 2.31. The molecule has 1 aliphatic rings. The van der Waals surface area contributed by atoms with Crippen molar-refractivity contribution in [2.75, 3.05) is 0 Å². The van der Waals surface area contributed by atoms with Crippen LogP contribution < -0.4 is 4.74 Å². The number of para-hydroxylation sites is 1. The molecule has 0 spiro atoms. The molecule has 0 N–H and O–H groups in total. The van der Waals surface area contributed by atoms with Crippen LogP contribution in [0, 0.1) is 10.1 Å². The Hall–Kier alpha value is -1.58. The molecule has 0 fully saturated rings. The number of fused-ring (bicyclic) bond motifs is 1. The second-order valence-electron chi connectivity index (χ2n) is 3.49. The fraction of sp³-hybridized carbons (Fsp3) is 0.400. The maximum Gasteiger partial charge on any atom is 0.253 e. The van der Waals surface area contributed by atoms with E-state index in [-0.39, 0.29) is 11.0 Å². The lowest BCUT2D eigenvalue weighted by Crippen LogP contribution is -2.40. The summed E-state index contributed by atoms with van der Waals surface area (Å²) in [6.45, 7) is 1.74. The van der Waals surface area contributed by atoms with Crippen molar-refractivity contribution >= 4 is 0 Å². The summed E-state index contributed by atoms with van der Waals surface area (Å²) in [5.74, 6) is 0.776. The molecule has 0 bridgehead atoms. The van der Waals surface area contributed by atoms with E-state index in [4.69, 9.17) is 4.74 Å². The molecule has 0 aromatic heterocycles. The van der Waals surface area contributed by atoms with Gasteiger partial charge in [-0.2, -0.15) is 0 Å². The van der Waals surface area contributed by atoms with Crippen molar-refractivity contribution in [3.05, 3.63) is 39.9 Å². The van der Waals surface area contributed by atoms with Crippen molar-refractivity contribution in [2.24, 2.45) is 0 Å². The largest absolute Gasteiger partial charge is 0.483 e. The highest BCUT2D eigenvalue weighted by molar-refractivity contribution is 5.35. The average molecular weight is 193 g/mol. The minimum Gasteiger partial charge on any atom is -0.483 e. The third-order valence-corrected chi connectivity index (χ3v) is 2.53. The highest BCUT2D eigenvalue weighted by Gasteiger charge is 2.34. The van der Waals surface area contributed by atoms with Gasteiger partial charge in [-0.05, 0) is 13.0 Å². The molecule has 2 unspecified atom stereocenters. The van der Waals surface area contributed by atoms with E-state index < -0.39 is 6.04 Å². The Morgan fingerprint density at radius 1 is 1.50 bits per heavy atom. The summed E-state index contributed by atoms with van der Waals surface area (Å²) >= 11 is 0. The summed E-state index contributed by atoms with van der Waals surface area (Å²) < 4.78 is 5.46. The molecule has 0 saturated heterocycles. The molecule has 0 saturated carbocycles. The van der Waals surface area contributed by atoms with Gasteiger partial charge in [-0.25, -0.2) is 0 Å². The fourth-order valence-electron chi connectivity index (χ4n) is 1.70. The Kier molecular flexibility index (Phi) is 2.11. The quantitative estimate of drug-likeness (QED) is 0.503. The zero-order valence-electron chi connectivity index (χ0n) is 7.84. The van der Waals surface area contributed by atoms with Crippen molar-refractivity contribution < 1.29 is 9.66 Å². The molecular weight excluding hydrogens is 182 g/mol. The molecule has 0 radical (unpaired) electrons. The van der Waals surface area contributed by atoms with Gasteiger partial charge >= 0.3 is 0 Å². The summed E-state index contributed by atoms with van der Waals surface area (Å²) in [7, 11) is 0. The van der Waals surface area contributed by atoms with Crippen LogP contribution in [0.2, 0.25) is 0 Å². The van der Waals surface area contributed by atoms with Crippen LogP contribution in [0.5, 0.6) is 5.75 Å². The van der Waals surface area contributed by atoms with E-state index in [2.05, 4.69) is 0 Å². The van der Waals surface area contributed by atoms with E-state index >= 15 is 0 Å². The van der Waals surface area contributed by atoms with Gasteiger partial charge in [-0.3, -0.25) is 10.1 Å². The summed E-state index contributed by atoms with van der Waals surface area (Å²) in [5, 5.41) is 10.7. The molecular formula is C10H11NO3. The van der Waals surface area contributed by atoms with E-state index in [0.29, 0.717) is 6.42 Å². The molecule has 74 valence electrons.